The average Bonchev–Trinajstić information content (AvgIpc) is 3.20. The van der Waals surface area contributed by atoms with Crippen molar-refractivity contribution in [2.45, 2.75) is 25.2 Å². The number of aliphatic carboxylic acids is 1. The predicted molar refractivity (Wildman–Crippen MR) is 75.0 cm³/mol. The molecule has 4 nitrogen and oxygen atoms in total. The molecule has 0 bridgehead atoms. The number of hydrogen-bond donors (Lipinski definition) is 1. The van der Waals surface area contributed by atoms with Gasteiger partial charge in [0.2, 0.25) is 0 Å². The van der Waals surface area contributed by atoms with Crippen molar-refractivity contribution in [3.05, 3.63) is 22.2 Å². The number of hydrogen-bond acceptors (Lipinski definition) is 3. The summed E-state index contributed by atoms with van der Waals surface area (Å²) in [6, 6.07) is 3.65. The molecule has 1 aromatic carbocycles. The van der Waals surface area contributed by atoms with Gasteiger partial charge in [0, 0.05) is 11.5 Å². The standard InChI is InChI=1S/C14H17BrO4/c1-18-10-5-6-11(19-2)14(15)13(10)9(7-12(16)17)8-3-4-8/h5-6,8-9H,3-4,7H2,1-2H3,(H,16,17). The molecule has 5 heteroatoms. The first kappa shape index (κ1) is 14.2. The molecule has 1 fully saturated rings. The second-order valence-electron chi connectivity index (χ2n) is 4.74. The first-order valence-electron chi connectivity index (χ1n) is 6.20. The van der Waals surface area contributed by atoms with E-state index in [0.717, 1.165) is 22.9 Å². The fourth-order valence-electron chi connectivity index (χ4n) is 2.43. The van der Waals surface area contributed by atoms with Crippen molar-refractivity contribution in [2.75, 3.05) is 14.2 Å². The monoisotopic (exact) mass is 328 g/mol. The lowest BCUT2D eigenvalue weighted by Gasteiger charge is -2.21. The lowest BCUT2D eigenvalue weighted by Crippen LogP contribution is -2.11. The summed E-state index contributed by atoms with van der Waals surface area (Å²) in [6.07, 6.45) is 2.27. The second kappa shape index (κ2) is 5.82. The van der Waals surface area contributed by atoms with Gasteiger partial charge in [-0.3, -0.25) is 4.79 Å². The van der Waals surface area contributed by atoms with Crippen molar-refractivity contribution >= 4 is 21.9 Å². The van der Waals surface area contributed by atoms with Crippen molar-refractivity contribution in [1.82, 2.24) is 0 Å². The number of carboxylic acid groups (broad SMARTS) is 1. The molecule has 1 N–H and O–H groups in total. The van der Waals surface area contributed by atoms with Crippen molar-refractivity contribution in [3.63, 3.8) is 0 Å². The van der Waals surface area contributed by atoms with Gasteiger partial charge in [0.15, 0.2) is 0 Å². The van der Waals surface area contributed by atoms with Crippen molar-refractivity contribution < 1.29 is 19.4 Å². The Morgan fingerprint density at radius 1 is 1.37 bits per heavy atom. The van der Waals surface area contributed by atoms with Crippen LogP contribution in [0.15, 0.2) is 16.6 Å². The lowest BCUT2D eigenvalue weighted by atomic mass is 9.90. The van der Waals surface area contributed by atoms with Gasteiger partial charge in [-0.1, -0.05) is 0 Å². The third-order valence-electron chi connectivity index (χ3n) is 3.50. The highest BCUT2D eigenvalue weighted by molar-refractivity contribution is 9.10. The molecule has 1 atom stereocenters. The third kappa shape index (κ3) is 3.03. The van der Waals surface area contributed by atoms with Gasteiger partial charge in [-0.25, -0.2) is 0 Å². The Balaban J connectivity index is 2.46. The molecule has 1 saturated carbocycles. The maximum absolute atomic E-state index is 11.1. The predicted octanol–water partition coefficient (Wildman–Crippen LogP) is 3.43. The highest BCUT2D eigenvalue weighted by atomic mass is 79.9. The van der Waals surface area contributed by atoms with Crippen molar-refractivity contribution in [2.24, 2.45) is 5.92 Å². The molecule has 0 heterocycles. The molecule has 2 rings (SSSR count). The lowest BCUT2D eigenvalue weighted by molar-refractivity contribution is -0.137. The first-order valence-corrected chi connectivity index (χ1v) is 7.00. The van der Waals surface area contributed by atoms with Gasteiger partial charge in [0.25, 0.3) is 0 Å². The van der Waals surface area contributed by atoms with Gasteiger partial charge >= 0.3 is 5.97 Å². The normalized spacial score (nSPS) is 15.9. The highest BCUT2D eigenvalue weighted by Gasteiger charge is 2.37. The van der Waals surface area contributed by atoms with Crippen molar-refractivity contribution in [1.29, 1.82) is 0 Å². The zero-order valence-electron chi connectivity index (χ0n) is 11.0. The van der Waals surface area contributed by atoms with Gasteiger partial charge in [-0.05, 0) is 46.8 Å². The number of carboxylic acids is 1. The summed E-state index contributed by atoms with van der Waals surface area (Å²) in [5.74, 6) is 1.02. The topological polar surface area (TPSA) is 55.8 Å². The molecule has 0 aromatic heterocycles. The summed E-state index contributed by atoms with van der Waals surface area (Å²) in [4.78, 5) is 11.1. The van der Waals surface area contributed by atoms with E-state index < -0.39 is 5.97 Å². The molecule has 0 amide bonds. The smallest absolute Gasteiger partial charge is 0.303 e. The van der Waals surface area contributed by atoms with Crippen LogP contribution >= 0.6 is 15.9 Å². The molecular formula is C14H17BrO4. The van der Waals surface area contributed by atoms with Gasteiger partial charge in [0.05, 0.1) is 25.1 Å². The van der Waals surface area contributed by atoms with Crippen LogP contribution in [0.25, 0.3) is 0 Å². The number of ether oxygens (including phenoxy) is 2. The van der Waals surface area contributed by atoms with E-state index in [0.29, 0.717) is 17.4 Å². The van der Waals surface area contributed by atoms with Crippen LogP contribution < -0.4 is 9.47 Å². The van der Waals surface area contributed by atoms with Crippen LogP contribution in [-0.2, 0) is 4.79 Å². The maximum atomic E-state index is 11.1. The number of carbonyl (C=O) groups is 1. The number of rotatable bonds is 6. The molecule has 0 saturated heterocycles. The molecule has 1 aromatic rings. The number of methoxy groups -OCH3 is 2. The van der Waals surface area contributed by atoms with Crippen molar-refractivity contribution in [3.8, 4) is 11.5 Å². The molecule has 0 spiro atoms. The summed E-state index contributed by atoms with van der Waals surface area (Å²) in [6.45, 7) is 0. The Bertz CT molecular complexity index is 483. The zero-order chi connectivity index (χ0) is 14.0. The van der Waals surface area contributed by atoms with Gasteiger partial charge in [-0.2, -0.15) is 0 Å². The van der Waals surface area contributed by atoms with Gasteiger partial charge < -0.3 is 14.6 Å². The van der Waals surface area contributed by atoms with Crippen LogP contribution in [0.3, 0.4) is 0 Å². The SMILES string of the molecule is COc1ccc(OC)c(C(CC(=O)O)C2CC2)c1Br. The van der Waals surface area contributed by atoms with E-state index in [-0.39, 0.29) is 12.3 Å². The second-order valence-corrected chi connectivity index (χ2v) is 5.53. The van der Waals surface area contributed by atoms with Crippen LogP contribution in [0.4, 0.5) is 0 Å². The summed E-state index contributed by atoms with van der Waals surface area (Å²) in [5, 5.41) is 9.12. The fraction of sp³-hybridized carbons (Fsp3) is 0.500. The Hall–Kier alpha value is -1.23. The molecular weight excluding hydrogens is 312 g/mol. The molecule has 1 aliphatic rings. The van der Waals surface area contributed by atoms with E-state index in [1.54, 1.807) is 14.2 Å². The van der Waals surface area contributed by atoms with E-state index in [1.165, 1.54) is 0 Å². The van der Waals surface area contributed by atoms with Crippen LogP contribution in [0.2, 0.25) is 0 Å². The summed E-state index contributed by atoms with van der Waals surface area (Å²) in [5.41, 5.74) is 0.909. The zero-order valence-corrected chi connectivity index (χ0v) is 12.6. The number of benzene rings is 1. The van der Waals surface area contributed by atoms with Crippen LogP contribution in [-0.4, -0.2) is 25.3 Å². The highest BCUT2D eigenvalue weighted by Crippen LogP contribution is 2.50. The van der Waals surface area contributed by atoms with Gasteiger partial charge in [0.1, 0.15) is 11.5 Å². The minimum Gasteiger partial charge on any atom is -0.496 e. The van der Waals surface area contributed by atoms with E-state index in [9.17, 15) is 4.79 Å². The average molecular weight is 329 g/mol. The maximum Gasteiger partial charge on any atom is 0.303 e. The van der Waals surface area contributed by atoms with E-state index in [1.807, 2.05) is 12.1 Å². The Morgan fingerprint density at radius 3 is 2.42 bits per heavy atom. The fourth-order valence-corrected chi connectivity index (χ4v) is 3.21. The van der Waals surface area contributed by atoms with Crippen LogP contribution in [0.1, 0.15) is 30.7 Å². The Morgan fingerprint density at radius 2 is 1.95 bits per heavy atom. The van der Waals surface area contributed by atoms with Crippen LogP contribution in [0, 0.1) is 5.92 Å². The molecule has 1 unspecified atom stereocenters. The molecule has 0 radical (unpaired) electrons. The number of halogens is 1. The molecule has 19 heavy (non-hydrogen) atoms. The van der Waals surface area contributed by atoms with E-state index in [2.05, 4.69) is 15.9 Å². The molecule has 104 valence electrons. The minimum atomic E-state index is -0.784. The van der Waals surface area contributed by atoms with Gasteiger partial charge in [-0.15, -0.1) is 0 Å². The van der Waals surface area contributed by atoms with E-state index >= 15 is 0 Å². The Kier molecular flexibility index (Phi) is 4.34. The molecule has 1 aliphatic carbocycles. The first-order chi connectivity index (χ1) is 9.08. The summed E-state index contributed by atoms with van der Waals surface area (Å²) < 4.78 is 11.5. The third-order valence-corrected chi connectivity index (χ3v) is 4.32. The summed E-state index contributed by atoms with van der Waals surface area (Å²) >= 11 is 3.52. The summed E-state index contributed by atoms with van der Waals surface area (Å²) in [7, 11) is 3.20. The van der Waals surface area contributed by atoms with Crippen LogP contribution in [0.5, 0.6) is 11.5 Å². The largest absolute Gasteiger partial charge is 0.496 e. The Labute approximate surface area is 120 Å². The quantitative estimate of drug-likeness (QED) is 0.869. The van der Waals surface area contributed by atoms with E-state index in [4.69, 9.17) is 14.6 Å². The minimum absolute atomic E-state index is 0.0306. The molecule has 0 aliphatic heterocycles.